The van der Waals surface area contributed by atoms with E-state index in [0.717, 1.165) is 16.5 Å². The van der Waals surface area contributed by atoms with Gasteiger partial charge in [-0.05, 0) is 49.8 Å². The van der Waals surface area contributed by atoms with Gasteiger partial charge >= 0.3 is 18.2 Å². The van der Waals surface area contributed by atoms with Crippen LogP contribution < -0.4 is 16.0 Å². The number of carboxylic acid groups (broad SMARTS) is 1. The molecule has 10 nitrogen and oxygen atoms in total. The number of alkyl halides is 3. The van der Waals surface area contributed by atoms with Gasteiger partial charge in [0.1, 0.15) is 11.6 Å². The Morgan fingerprint density at radius 3 is 2.41 bits per heavy atom. The first-order chi connectivity index (χ1) is 21.9. The van der Waals surface area contributed by atoms with Crippen LogP contribution in [0.1, 0.15) is 69.0 Å². The van der Waals surface area contributed by atoms with Gasteiger partial charge in [-0.3, -0.25) is 14.4 Å². The molecule has 1 saturated carbocycles. The van der Waals surface area contributed by atoms with Crippen molar-refractivity contribution in [3.05, 3.63) is 71.9 Å². The molecule has 5 N–H and O–H groups in total. The van der Waals surface area contributed by atoms with E-state index in [1.54, 1.807) is 36.5 Å². The standard InChI is InChI=1S/C33H39F3N4O6/c1-32(19-22-20-38-26-13-7-5-11-23(22)26,40-31(45)46-27-14-8-6-12-24(27)33(34,35)36)30(44)37-18-17-25(21-9-3-2-4-10-21)39-28(41)15-16-29(42)43/h2-5,7,9-11,13,20,24-25,27,38H,6,8,12,14-19H2,1H3,(H,37,44)(H,39,41)(H,40,45)(H,42,43). The zero-order chi connectivity index (χ0) is 33.3. The molecule has 0 spiro atoms. The average Bonchev–Trinajstić information content (AvgIpc) is 3.41. The Labute approximate surface area is 264 Å². The van der Waals surface area contributed by atoms with Gasteiger partial charge in [0, 0.05) is 36.5 Å². The topological polar surface area (TPSA) is 150 Å². The maximum atomic E-state index is 13.8. The van der Waals surface area contributed by atoms with Gasteiger partial charge in [-0.1, -0.05) is 55.0 Å². The van der Waals surface area contributed by atoms with Crippen LogP contribution in [0, 0.1) is 5.92 Å². The number of hydrogen-bond donors (Lipinski definition) is 5. The Balaban J connectivity index is 1.49. The summed E-state index contributed by atoms with van der Waals surface area (Å²) in [5, 5.41) is 17.9. The summed E-state index contributed by atoms with van der Waals surface area (Å²) < 4.78 is 46.3. The fourth-order valence-electron chi connectivity index (χ4n) is 5.86. The molecule has 1 heterocycles. The molecule has 0 radical (unpaired) electrons. The fraction of sp³-hybridized carbons (Fsp3) is 0.455. The molecule has 3 amide bonds. The minimum absolute atomic E-state index is 0.000644. The van der Waals surface area contributed by atoms with E-state index in [9.17, 15) is 32.3 Å². The van der Waals surface area contributed by atoms with Crippen molar-refractivity contribution in [1.29, 1.82) is 0 Å². The first-order valence-corrected chi connectivity index (χ1v) is 15.3. The van der Waals surface area contributed by atoms with Crippen molar-refractivity contribution in [2.24, 2.45) is 5.92 Å². The van der Waals surface area contributed by atoms with E-state index in [4.69, 9.17) is 9.84 Å². The molecule has 0 aliphatic heterocycles. The number of ether oxygens (including phenoxy) is 1. The number of H-pyrrole nitrogens is 1. The molecule has 3 aromatic rings. The molecular weight excluding hydrogens is 605 g/mol. The number of halogens is 3. The van der Waals surface area contributed by atoms with Crippen molar-refractivity contribution in [3.8, 4) is 0 Å². The summed E-state index contributed by atoms with van der Waals surface area (Å²) in [5.41, 5.74) is 0.627. The number of carbonyl (C=O) groups excluding carboxylic acids is 3. The summed E-state index contributed by atoms with van der Waals surface area (Å²) in [4.78, 5) is 53.4. The van der Waals surface area contributed by atoms with Crippen molar-refractivity contribution >= 4 is 34.8 Å². The predicted molar refractivity (Wildman–Crippen MR) is 164 cm³/mol. The second-order valence-electron chi connectivity index (χ2n) is 11.8. The molecule has 1 aromatic heterocycles. The second kappa shape index (κ2) is 15.2. The number of carboxylic acids is 1. The minimum atomic E-state index is -4.52. The lowest BCUT2D eigenvalue weighted by Crippen LogP contribution is -2.59. The number of aromatic nitrogens is 1. The van der Waals surface area contributed by atoms with Crippen LogP contribution in [0.15, 0.2) is 60.8 Å². The highest BCUT2D eigenvalue weighted by atomic mass is 19.4. The van der Waals surface area contributed by atoms with Crippen LogP contribution in [0.25, 0.3) is 10.9 Å². The Bertz CT molecular complexity index is 1510. The quantitative estimate of drug-likeness (QED) is 0.165. The number of alkyl carbamates (subject to hydrolysis) is 1. The Morgan fingerprint density at radius 1 is 1.00 bits per heavy atom. The summed E-state index contributed by atoms with van der Waals surface area (Å²) in [6.07, 6.45) is -4.78. The summed E-state index contributed by atoms with van der Waals surface area (Å²) in [7, 11) is 0. The van der Waals surface area contributed by atoms with Gasteiger partial charge in [-0.25, -0.2) is 4.79 Å². The molecule has 2 aromatic carbocycles. The first kappa shape index (κ1) is 34.3. The van der Waals surface area contributed by atoms with Gasteiger partial charge in [-0.15, -0.1) is 0 Å². The molecule has 13 heteroatoms. The van der Waals surface area contributed by atoms with E-state index in [0.29, 0.717) is 18.4 Å². The van der Waals surface area contributed by atoms with Gasteiger partial charge in [0.15, 0.2) is 0 Å². The number of hydrogen-bond acceptors (Lipinski definition) is 5. The first-order valence-electron chi connectivity index (χ1n) is 15.3. The van der Waals surface area contributed by atoms with Gasteiger partial charge < -0.3 is 30.8 Å². The Kier molecular flexibility index (Phi) is 11.3. The normalized spacial score (nSPS) is 18.6. The van der Waals surface area contributed by atoms with Crippen LogP contribution in [0.3, 0.4) is 0 Å². The highest BCUT2D eigenvalue weighted by Gasteiger charge is 2.48. The molecular formula is C33H39F3N4O6. The number of rotatable bonds is 13. The molecule has 248 valence electrons. The highest BCUT2D eigenvalue weighted by Crippen LogP contribution is 2.39. The molecule has 0 bridgehead atoms. The van der Waals surface area contributed by atoms with E-state index in [1.165, 1.54) is 6.92 Å². The van der Waals surface area contributed by atoms with Crippen molar-refractivity contribution < 1.29 is 42.2 Å². The largest absolute Gasteiger partial charge is 0.481 e. The maximum absolute atomic E-state index is 13.8. The third kappa shape index (κ3) is 9.24. The molecule has 0 saturated heterocycles. The van der Waals surface area contributed by atoms with E-state index >= 15 is 0 Å². The molecule has 4 unspecified atom stereocenters. The zero-order valence-corrected chi connectivity index (χ0v) is 25.5. The van der Waals surface area contributed by atoms with Crippen LogP contribution in [0.5, 0.6) is 0 Å². The Hall–Kier alpha value is -4.55. The summed E-state index contributed by atoms with van der Waals surface area (Å²) in [6.45, 7) is 1.53. The number of para-hydroxylation sites is 1. The second-order valence-corrected chi connectivity index (χ2v) is 11.8. The number of carbonyl (C=O) groups is 4. The van der Waals surface area contributed by atoms with E-state index in [-0.39, 0.29) is 45.1 Å². The van der Waals surface area contributed by atoms with Crippen LogP contribution in [-0.4, -0.2) is 58.3 Å². The maximum Gasteiger partial charge on any atom is 0.408 e. The predicted octanol–water partition coefficient (Wildman–Crippen LogP) is 5.55. The molecule has 1 aliphatic rings. The monoisotopic (exact) mass is 644 g/mol. The van der Waals surface area contributed by atoms with Crippen molar-refractivity contribution in [2.75, 3.05) is 6.54 Å². The van der Waals surface area contributed by atoms with Gasteiger partial charge in [0.05, 0.1) is 18.4 Å². The van der Waals surface area contributed by atoms with Crippen molar-refractivity contribution in [2.45, 2.75) is 82.2 Å². The van der Waals surface area contributed by atoms with Gasteiger partial charge in [0.25, 0.3) is 0 Å². The van der Waals surface area contributed by atoms with E-state index in [1.807, 2.05) is 24.3 Å². The van der Waals surface area contributed by atoms with Crippen LogP contribution in [-0.2, 0) is 25.5 Å². The third-order valence-corrected chi connectivity index (χ3v) is 8.30. The highest BCUT2D eigenvalue weighted by molar-refractivity contribution is 5.91. The SMILES string of the molecule is CC(Cc1c[nH]c2ccccc12)(NC(=O)OC1CCCCC1C(F)(F)F)C(=O)NCCC(NC(=O)CCC(=O)O)c1ccccc1. The number of aromatic amines is 1. The molecule has 46 heavy (non-hydrogen) atoms. The van der Waals surface area contributed by atoms with Crippen LogP contribution in [0.4, 0.5) is 18.0 Å². The smallest absolute Gasteiger partial charge is 0.408 e. The van der Waals surface area contributed by atoms with E-state index < -0.39 is 53.7 Å². The van der Waals surface area contributed by atoms with Gasteiger partial charge in [-0.2, -0.15) is 13.2 Å². The number of aliphatic carboxylic acids is 1. The lowest BCUT2D eigenvalue weighted by atomic mass is 9.86. The number of benzene rings is 2. The molecule has 1 fully saturated rings. The lowest BCUT2D eigenvalue weighted by molar-refractivity contribution is -0.207. The average molecular weight is 645 g/mol. The van der Waals surface area contributed by atoms with Crippen LogP contribution >= 0.6 is 0 Å². The lowest BCUT2D eigenvalue weighted by Gasteiger charge is -2.34. The summed E-state index contributed by atoms with van der Waals surface area (Å²) >= 11 is 0. The van der Waals surface area contributed by atoms with Gasteiger partial charge in [0.2, 0.25) is 11.8 Å². The fourth-order valence-corrected chi connectivity index (χ4v) is 5.86. The number of nitrogens with one attached hydrogen (secondary N) is 4. The molecule has 1 aliphatic carbocycles. The number of amides is 3. The van der Waals surface area contributed by atoms with E-state index in [2.05, 4.69) is 20.9 Å². The van der Waals surface area contributed by atoms with Crippen molar-refractivity contribution in [3.63, 3.8) is 0 Å². The minimum Gasteiger partial charge on any atom is -0.481 e. The Morgan fingerprint density at radius 2 is 1.70 bits per heavy atom. The van der Waals surface area contributed by atoms with Crippen LogP contribution in [0.2, 0.25) is 0 Å². The molecule has 4 atom stereocenters. The zero-order valence-electron chi connectivity index (χ0n) is 25.5. The molecule has 4 rings (SSSR count). The summed E-state index contributed by atoms with van der Waals surface area (Å²) in [5.74, 6) is -3.94. The third-order valence-electron chi connectivity index (χ3n) is 8.30. The van der Waals surface area contributed by atoms with Crippen molar-refractivity contribution in [1.82, 2.24) is 20.9 Å². The summed E-state index contributed by atoms with van der Waals surface area (Å²) in [6, 6.07) is 15.8. The number of fused-ring (bicyclic) bond motifs is 1.